The molecular weight excluding hydrogens is 224 g/mol. The molecular formula is C9H4ClF2N3. The summed E-state index contributed by atoms with van der Waals surface area (Å²) in [6, 6.07) is 4.52. The van der Waals surface area contributed by atoms with Crippen LogP contribution in [0, 0.1) is 22.7 Å². The Morgan fingerprint density at radius 1 is 1.47 bits per heavy atom. The third-order valence-electron chi connectivity index (χ3n) is 1.68. The Labute approximate surface area is 89.5 Å². The van der Waals surface area contributed by atoms with Crippen LogP contribution in [0.4, 0.5) is 8.78 Å². The first-order valence-electron chi connectivity index (χ1n) is 3.84. The zero-order valence-corrected chi connectivity index (χ0v) is 8.09. The molecule has 0 unspecified atom stereocenters. The van der Waals surface area contributed by atoms with Crippen molar-refractivity contribution in [2.24, 2.45) is 0 Å². The van der Waals surface area contributed by atoms with Crippen LogP contribution in [0.25, 0.3) is 0 Å². The molecule has 0 N–H and O–H groups in total. The second-order valence-corrected chi connectivity index (χ2v) is 2.98. The van der Waals surface area contributed by atoms with Crippen LogP contribution in [0.5, 0.6) is 0 Å². The first-order chi connectivity index (χ1) is 7.10. The molecule has 0 spiro atoms. The van der Waals surface area contributed by atoms with Gasteiger partial charge in [0.2, 0.25) is 0 Å². The van der Waals surface area contributed by atoms with E-state index in [0.29, 0.717) is 0 Å². The predicted octanol–water partition coefficient (Wildman–Crippen LogP) is 2.61. The highest BCUT2D eigenvalue weighted by Gasteiger charge is 2.16. The Kier molecular flexibility index (Phi) is 3.54. The van der Waals surface area contributed by atoms with Crippen molar-refractivity contribution in [3.8, 4) is 12.1 Å². The summed E-state index contributed by atoms with van der Waals surface area (Å²) in [6.45, 7) is 0. The molecule has 1 heterocycles. The van der Waals surface area contributed by atoms with E-state index in [9.17, 15) is 8.78 Å². The molecule has 3 nitrogen and oxygen atoms in total. The molecule has 0 fully saturated rings. The summed E-state index contributed by atoms with van der Waals surface area (Å²) in [5, 5.41) is 16.8. The number of hydrogen-bond donors (Lipinski definition) is 0. The largest absolute Gasteiger partial charge is 0.280 e. The summed E-state index contributed by atoms with van der Waals surface area (Å²) >= 11 is 5.54. The van der Waals surface area contributed by atoms with Crippen molar-refractivity contribution in [2.75, 3.05) is 0 Å². The monoisotopic (exact) mass is 227 g/mol. The van der Waals surface area contributed by atoms with Gasteiger partial charge in [-0.05, 0) is 11.6 Å². The Morgan fingerprint density at radius 2 is 2.13 bits per heavy atom. The third-order valence-corrected chi connectivity index (χ3v) is 1.96. The number of nitrogens with zero attached hydrogens (tertiary/aromatic N) is 3. The van der Waals surface area contributed by atoms with E-state index in [0.717, 1.165) is 6.07 Å². The van der Waals surface area contributed by atoms with Crippen molar-refractivity contribution >= 4 is 11.6 Å². The van der Waals surface area contributed by atoms with Crippen LogP contribution in [0.3, 0.4) is 0 Å². The van der Waals surface area contributed by atoms with Gasteiger partial charge in [-0.3, -0.25) is 0 Å². The molecule has 0 saturated heterocycles. The lowest BCUT2D eigenvalue weighted by Crippen LogP contribution is -1.98. The summed E-state index contributed by atoms with van der Waals surface area (Å²) in [5.74, 6) is 0. The number of aromatic nitrogens is 1. The number of alkyl halides is 2. The van der Waals surface area contributed by atoms with Crippen molar-refractivity contribution in [3.63, 3.8) is 0 Å². The minimum Gasteiger partial charge on any atom is -0.234 e. The fourth-order valence-corrected chi connectivity index (χ4v) is 1.30. The molecule has 0 aromatic carbocycles. The average Bonchev–Trinajstić information content (AvgIpc) is 2.17. The third kappa shape index (κ3) is 2.39. The quantitative estimate of drug-likeness (QED) is 0.730. The topological polar surface area (TPSA) is 60.5 Å². The van der Waals surface area contributed by atoms with Gasteiger partial charge >= 0.3 is 0 Å². The highest BCUT2D eigenvalue weighted by atomic mass is 35.5. The average molecular weight is 228 g/mol. The fourth-order valence-electron chi connectivity index (χ4n) is 1.04. The number of halogens is 3. The molecule has 76 valence electrons. The van der Waals surface area contributed by atoms with Crippen molar-refractivity contribution < 1.29 is 8.78 Å². The molecule has 0 aliphatic heterocycles. The van der Waals surface area contributed by atoms with Crippen LogP contribution >= 0.6 is 11.6 Å². The van der Waals surface area contributed by atoms with Gasteiger partial charge in [0.15, 0.2) is 0 Å². The Morgan fingerprint density at radius 3 is 2.60 bits per heavy atom. The van der Waals surface area contributed by atoms with Gasteiger partial charge in [0.1, 0.15) is 16.9 Å². The van der Waals surface area contributed by atoms with Gasteiger partial charge in [-0.25, -0.2) is 13.8 Å². The van der Waals surface area contributed by atoms with Gasteiger partial charge in [-0.15, -0.1) is 0 Å². The molecule has 0 aliphatic carbocycles. The molecule has 0 amide bonds. The Bertz CT molecular complexity index is 460. The van der Waals surface area contributed by atoms with Gasteiger partial charge in [0, 0.05) is 0 Å². The molecule has 0 saturated carbocycles. The second-order valence-electron chi connectivity index (χ2n) is 2.62. The van der Waals surface area contributed by atoms with E-state index in [2.05, 4.69) is 4.98 Å². The van der Waals surface area contributed by atoms with E-state index in [1.807, 2.05) is 0 Å². The fraction of sp³-hybridized carbons (Fsp3) is 0.222. The second kappa shape index (κ2) is 4.68. The first kappa shape index (κ1) is 11.4. The maximum Gasteiger partial charge on any atom is 0.280 e. The van der Waals surface area contributed by atoms with Crippen molar-refractivity contribution in [3.05, 3.63) is 28.0 Å². The minimum absolute atomic E-state index is 0.0254. The molecule has 0 bridgehead atoms. The smallest absolute Gasteiger partial charge is 0.234 e. The van der Waals surface area contributed by atoms with Gasteiger partial charge in [0.25, 0.3) is 6.43 Å². The lowest BCUT2D eigenvalue weighted by molar-refractivity contribution is 0.146. The van der Waals surface area contributed by atoms with E-state index < -0.39 is 12.1 Å². The van der Waals surface area contributed by atoms with Crippen LogP contribution < -0.4 is 0 Å². The molecule has 0 aliphatic rings. The van der Waals surface area contributed by atoms with Crippen molar-refractivity contribution in [2.45, 2.75) is 12.8 Å². The summed E-state index contributed by atoms with van der Waals surface area (Å²) < 4.78 is 24.6. The van der Waals surface area contributed by atoms with E-state index in [1.54, 1.807) is 12.1 Å². The first-order valence-corrected chi connectivity index (χ1v) is 4.22. The van der Waals surface area contributed by atoms with Gasteiger partial charge in [-0.2, -0.15) is 10.5 Å². The standard InChI is InChI=1S/C9H4ClF2N3/c10-8-6(4-14)5(1-2-13)3-7(15-8)9(11)12/h3,9H,1H2. The lowest BCUT2D eigenvalue weighted by atomic mass is 10.1. The highest BCUT2D eigenvalue weighted by molar-refractivity contribution is 6.30. The lowest BCUT2D eigenvalue weighted by Gasteiger charge is -2.05. The molecule has 1 aromatic heterocycles. The van der Waals surface area contributed by atoms with Gasteiger partial charge in [-0.1, -0.05) is 11.6 Å². The number of pyridine rings is 1. The van der Waals surface area contributed by atoms with E-state index in [-0.39, 0.29) is 22.7 Å². The molecule has 0 atom stereocenters. The molecule has 15 heavy (non-hydrogen) atoms. The Balaban J connectivity index is 3.35. The van der Waals surface area contributed by atoms with E-state index in [1.165, 1.54) is 0 Å². The Hall–Kier alpha value is -1.72. The number of nitriles is 2. The SMILES string of the molecule is N#CCc1cc(C(F)F)nc(Cl)c1C#N. The summed E-state index contributed by atoms with van der Waals surface area (Å²) in [5.41, 5.74) is -0.373. The zero-order chi connectivity index (χ0) is 11.4. The summed E-state index contributed by atoms with van der Waals surface area (Å²) in [6.07, 6.45) is -2.92. The van der Waals surface area contributed by atoms with Crippen molar-refractivity contribution in [1.29, 1.82) is 10.5 Å². The molecule has 6 heteroatoms. The van der Waals surface area contributed by atoms with E-state index in [4.69, 9.17) is 22.1 Å². The zero-order valence-electron chi connectivity index (χ0n) is 7.34. The molecule has 0 radical (unpaired) electrons. The number of hydrogen-bond acceptors (Lipinski definition) is 3. The van der Waals surface area contributed by atoms with Gasteiger partial charge in [0.05, 0.1) is 18.1 Å². The van der Waals surface area contributed by atoms with Gasteiger partial charge < -0.3 is 0 Å². The number of rotatable bonds is 2. The summed E-state index contributed by atoms with van der Waals surface area (Å²) in [4.78, 5) is 3.37. The van der Waals surface area contributed by atoms with Crippen LogP contribution in [0.1, 0.15) is 23.2 Å². The van der Waals surface area contributed by atoms with Crippen molar-refractivity contribution in [1.82, 2.24) is 4.98 Å². The molecule has 1 aromatic rings. The predicted molar refractivity (Wildman–Crippen MR) is 48.2 cm³/mol. The van der Waals surface area contributed by atoms with E-state index >= 15 is 0 Å². The van der Waals surface area contributed by atoms with Crippen LogP contribution in [0.15, 0.2) is 6.07 Å². The van der Waals surface area contributed by atoms with Crippen LogP contribution in [0.2, 0.25) is 5.15 Å². The maximum absolute atomic E-state index is 12.3. The molecule has 1 rings (SSSR count). The van der Waals surface area contributed by atoms with Crippen LogP contribution in [-0.4, -0.2) is 4.98 Å². The minimum atomic E-state index is -2.77. The normalized spacial score (nSPS) is 9.73. The van der Waals surface area contributed by atoms with Crippen LogP contribution in [-0.2, 0) is 6.42 Å². The maximum atomic E-state index is 12.3. The highest BCUT2D eigenvalue weighted by Crippen LogP contribution is 2.24. The summed E-state index contributed by atoms with van der Waals surface area (Å²) in [7, 11) is 0.